The molecule has 0 amide bonds. The summed E-state index contributed by atoms with van der Waals surface area (Å²) in [5, 5.41) is 2.98. The van der Waals surface area contributed by atoms with Crippen LogP contribution in [0.25, 0.3) is 0 Å². The summed E-state index contributed by atoms with van der Waals surface area (Å²) < 4.78 is 51.4. The number of halogens is 3. The number of nitrogens with zero attached hydrogens (tertiary/aromatic N) is 3. The van der Waals surface area contributed by atoms with E-state index < -0.39 is 11.7 Å². The standard InChI is InChI=1S/C20H30F3N5O2/c21-20(22,23)18-14-17(28-8-12-30-13-9-28)3-2-16(18)15-26-19(24)25-4-1-5-27-6-10-29-11-7-27/h2-3,14H,1,4-13,15H2,(H3,24,25,26). The summed E-state index contributed by atoms with van der Waals surface area (Å²) in [6, 6.07) is 4.39. The number of guanidine groups is 1. The lowest BCUT2D eigenvalue weighted by Crippen LogP contribution is -2.39. The van der Waals surface area contributed by atoms with Gasteiger partial charge in [-0.15, -0.1) is 0 Å². The normalized spacial score (nSPS) is 19.2. The average molecular weight is 429 g/mol. The molecule has 0 saturated carbocycles. The Labute approximate surface area is 175 Å². The molecule has 30 heavy (non-hydrogen) atoms. The van der Waals surface area contributed by atoms with Crippen LogP contribution in [-0.4, -0.2) is 76.6 Å². The Hall–Kier alpha value is -2.04. The number of ether oxygens (including phenoxy) is 2. The highest BCUT2D eigenvalue weighted by atomic mass is 19.4. The van der Waals surface area contributed by atoms with Crippen molar-refractivity contribution in [1.29, 1.82) is 0 Å². The Morgan fingerprint density at radius 2 is 1.73 bits per heavy atom. The van der Waals surface area contributed by atoms with Crippen LogP contribution in [0.5, 0.6) is 0 Å². The molecule has 0 bridgehead atoms. The van der Waals surface area contributed by atoms with E-state index in [2.05, 4.69) is 15.2 Å². The molecule has 3 N–H and O–H groups in total. The predicted molar refractivity (Wildman–Crippen MR) is 110 cm³/mol. The molecular weight excluding hydrogens is 399 g/mol. The Morgan fingerprint density at radius 3 is 2.40 bits per heavy atom. The predicted octanol–water partition coefficient (Wildman–Crippen LogP) is 1.67. The minimum Gasteiger partial charge on any atom is -0.379 e. The summed E-state index contributed by atoms with van der Waals surface area (Å²) in [6.07, 6.45) is -3.58. The van der Waals surface area contributed by atoms with Crippen LogP contribution in [0.1, 0.15) is 17.5 Å². The molecule has 168 valence electrons. The number of alkyl halides is 3. The highest BCUT2D eigenvalue weighted by molar-refractivity contribution is 5.77. The van der Waals surface area contributed by atoms with E-state index in [4.69, 9.17) is 15.2 Å². The lowest BCUT2D eigenvalue weighted by atomic mass is 10.1. The number of aliphatic imine (C=N–C) groups is 1. The first-order valence-electron chi connectivity index (χ1n) is 10.3. The van der Waals surface area contributed by atoms with Gasteiger partial charge in [-0.05, 0) is 30.7 Å². The molecule has 0 radical (unpaired) electrons. The van der Waals surface area contributed by atoms with Crippen molar-refractivity contribution in [3.8, 4) is 0 Å². The summed E-state index contributed by atoms with van der Waals surface area (Å²) in [5.74, 6) is 0.155. The van der Waals surface area contributed by atoms with E-state index in [1.165, 1.54) is 12.1 Å². The van der Waals surface area contributed by atoms with Gasteiger partial charge in [-0.3, -0.25) is 4.90 Å². The van der Waals surface area contributed by atoms with Gasteiger partial charge in [0.15, 0.2) is 5.96 Å². The second-order valence-electron chi connectivity index (χ2n) is 7.37. The third-order valence-corrected chi connectivity index (χ3v) is 5.26. The molecule has 2 heterocycles. The molecule has 3 rings (SSSR count). The van der Waals surface area contributed by atoms with Crippen molar-refractivity contribution in [2.75, 3.05) is 70.6 Å². The monoisotopic (exact) mass is 429 g/mol. The van der Waals surface area contributed by atoms with Gasteiger partial charge in [-0.1, -0.05) is 6.07 Å². The molecule has 0 aromatic heterocycles. The highest BCUT2D eigenvalue weighted by Gasteiger charge is 2.34. The number of hydrogen-bond donors (Lipinski definition) is 2. The molecule has 0 unspecified atom stereocenters. The van der Waals surface area contributed by atoms with Gasteiger partial charge >= 0.3 is 6.18 Å². The Kier molecular flexibility index (Phi) is 8.17. The Bertz CT molecular complexity index is 702. The fourth-order valence-corrected chi connectivity index (χ4v) is 3.55. The summed E-state index contributed by atoms with van der Waals surface area (Å²) in [5.41, 5.74) is 5.84. The average Bonchev–Trinajstić information content (AvgIpc) is 2.76. The van der Waals surface area contributed by atoms with E-state index in [-0.39, 0.29) is 18.1 Å². The van der Waals surface area contributed by atoms with Gasteiger partial charge in [0.1, 0.15) is 0 Å². The molecule has 2 aliphatic rings. The number of nitrogens with one attached hydrogen (secondary N) is 1. The van der Waals surface area contributed by atoms with Crippen molar-refractivity contribution in [2.24, 2.45) is 10.7 Å². The number of nitrogens with two attached hydrogens (primary N) is 1. The third-order valence-electron chi connectivity index (χ3n) is 5.26. The van der Waals surface area contributed by atoms with Crippen molar-refractivity contribution in [1.82, 2.24) is 10.2 Å². The molecule has 7 nitrogen and oxygen atoms in total. The van der Waals surface area contributed by atoms with Gasteiger partial charge in [0.2, 0.25) is 0 Å². The lowest BCUT2D eigenvalue weighted by molar-refractivity contribution is -0.138. The molecule has 0 atom stereocenters. The van der Waals surface area contributed by atoms with Crippen molar-refractivity contribution < 1.29 is 22.6 Å². The van der Waals surface area contributed by atoms with Gasteiger partial charge in [-0.2, -0.15) is 13.2 Å². The van der Waals surface area contributed by atoms with E-state index in [1.807, 2.05) is 4.90 Å². The van der Waals surface area contributed by atoms with Crippen LogP contribution in [0.2, 0.25) is 0 Å². The molecule has 1 aromatic carbocycles. The minimum atomic E-state index is -4.45. The second kappa shape index (κ2) is 10.8. The maximum atomic E-state index is 13.6. The van der Waals surface area contributed by atoms with Crippen LogP contribution in [0.4, 0.5) is 18.9 Å². The topological polar surface area (TPSA) is 75.3 Å². The van der Waals surface area contributed by atoms with Gasteiger partial charge in [-0.25, -0.2) is 4.99 Å². The quantitative estimate of drug-likeness (QED) is 0.390. The van der Waals surface area contributed by atoms with Gasteiger partial charge < -0.3 is 25.4 Å². The lowest BCUT2D eigenvalue weighted by Gasteiger charge is -2.29. The Balaban J connectivity index is 1.54. The zero-order valence-corrected chi connectivity index (χ0v) is 17.1. The van der Waals surface area contributed by atoms with E-state index in [0.29, 0.717) is 38.5 Å². The van der Waals surface area contributed by atoms with Crippen LogP contribution < -0.4 is 16.0 Å². The first-order chi connectivity index (χ1) is 14.4. The molecule has 2 fully saturated rings. The molecule has 2 aliphatic heterocycles. The molecule has 0 spiro atoms. The van der Waals surface area contributed by atoms with Gasteiger partial charge in [0.25, 0.3) is 0 Å². The number of morpholine rings is 2. The van der Waals surface area contributed by atoms with Gasteiger partial charge in [0, 0.05) is 38.4 Å². The maximum Gasteiger partial charge on any atom is 0.416 e. The first-order valence-corrected chi connectivity index (χ1v) is 10.3. The van der Waals surface area contributed by atoms with Crippen LogP contribution in [0.15, 0.2) is 23.2 Å². The van der Waals surface area contributed by atoms with Crippen LogP contribution >= 0.6 is 0 Å². The largest absolute Gasteiger partial charge is 0.416 e. The smallest absolute Gasteiger partial charge is 0.379 e. The molecule has 2 saturated heterocycles. The molecule has 0 aliphatic carbocycles. The van der Waals surface area contributed by atoms with Gasteiger partial charge in [0.05, 0.1) is 38.5 Å². The maximum absolute atomic E-state index is 13.6. The summed E-state index contributed by atoms with van der Waals surface area (Å²) in [7, 11) is 0. The molecular formula is C20H30F3N5O2. The van der Waals surface area contributed by atoms with Crippen LogP contribution in [0.3, 0.4) is 0 Å². The van der Waals surface area contributed by atoms with Crippen molar-refractivity contribution in [3.63, 3.8) is 0 Å². The van der Waals surface area contributed by atoms with E-state index in [1.54, 1.807) is 6.07 Å². The van der Waals surface area contributed by atoms with E-state index in [0.717, 1.165) is 39.3 Å². The third kappa shape index (κ3) is 6.75. The number of anilines is 1. The van der Waals surface area contributed by atoms with Crippen LogP contribution in [-0.2, 0) is 22.2 Å². The number of hydrogen-bond acceptors (Lipinski definition) is 5. The fraction of sp³-hybridized carbons (Fsp3) is 0.650. The van der Waals surface area contributed by atoms with Crippen molar-refractivity contribution in [3.05, 3.63) is 29.3 Å². The Morgan fingerprint density at radius 1 is 1.07 bits per heavy atom. The molecule has 10 heteroatoms. The first kappa shape index (κ1) is 22.6. The number of benzene rings is 1. The minimum absolute atomic E-state index is 0.109. The summed E-state index contributed by atoms with van der Waals surface area (Å²) >= 11 is 0. The number of rotatable bonds is 7. The second-order valence-corrected chi connectivity index (χ2v) is 7.37. The van der Waals surface area contributed by atoms with E-state index in [9.17, 15) is 13.2 Å². The van der Waals surface area contributed by atoms with Crippen LogP contribution in [0, 0.1) is 0 Å². The zero-order chi connectivity index (χ0) is 21.4. The van der Waals surface area contributed by atoms with Crippen molar-refractivity contribution in [2.45, 2.75) is 19.1 Å². The zero-order valence-electron chi connectivity index (χ0n) is 17.1. The highest BCUT2D eigenvalue weighted by Crippen LogP contribution is 2.35. The molecule has 1 aromatic rings. The summed E-state index contributed by atoms with van der Waals surface area (Å²) in [4.78, 5) is 8.32. The van der Waals surface area contributed by atoms with Crippen molar-refractivity contribution >= 4 is 11.6 Å². The summed E-state index contributed by atoms with van der Waals surface area (Å²) in [6.45, 7) is 6.95. The fourth-order valence-electron chi connectivity index (χ4n) is 3.55. The van der Waals surface area contributed by atoms with E-state index >= 15 is 0 Å². The SMILES string of the molecule is NC(=NCc1ccc(N2CCOCC2)cc1C(F)(F)F)NCCCN1CCOCC1.